The molecule has 3 rings (SSSR count). The number of hydrogen-bond donors (Lipinski definition) is 1. The second-order valence-corrected chi connectivity index (χ2v) is 8.82. The Labute approximate surface area is 171 Å². The predicted molar refractivity (Wildman–Crippen MR) is 110 cm³/mol. The zero-order valence-corrected chi connectivity index (χ0v) is 17.5. The van der Waals surface area contributed by atoms with E-state index in [9.17, 15) is 13.2 Å². The number of aryl methyl sites for hydroxylation is 2. The lowest BCUT2D eigenvalue weighted by Gasteiger charge is -2.26. The highest BCUT2D eigenvalue weighted by Gasteiger charge is 2.28. The second kappa shape index (κ2) is 9.39. The molecule has 0 saturated carbocycles. The van der Waals surface area contributed by atoms with Gasteiger partial charge in [-0.15, -0.1) is 0 Å². The predicted octanol–water partition coefficient (Wildman–Crippen LogP) is 2.13. The van der Waals surface area contributed by atoms with Crippen molar-refractivity contribution >= 4 is 15.9 Å². The summed E-state index contributed by atoms with van der Waals surface area (Å²) in [5.41, 5.74) is 2.01. The van der Waals surface area contributed by atoms with Crippen LogP contribution in [0.4, 0.5) is 0 Å². The topological polar surface area (TPSA) is 84.9 Å². The van der Waals surface area contributed by atoms with E-state index in [1.54, 1.807) is 19.1 Å². The molecule has 1 aliphatic rings. The van der Waals surface area contributed by atoms with Gasteiger partial charge in [0.25, 0.3) is 5.91 Å². The van der Waals surface area contributed by atoms with Gasteiger partial charge in [-0.3, -0.25) is 4.79 Å². The van der Waals surface area contributed by atoms with Gasteiger partial charge in [0.2, 0.25) is 10.0 Å². The number of nitrogens with zero attached hydrogens (tertiary/aromatic N) is 1. The molecule has 7 nitrogen and oxygen atoms in total. The number of sulfonamides is 1. The van der Waals surface area contributed by atoms with Gasteiger partial charge in [-0.1, -0.05) is 18.2 Å². The molecule has 1 amide bonds. The maximum Gasteiger partial charge on any atom is 0.251 e. The Bertz CT molecular complexity index is 969. The number of hydrogen-bond acceptors (Lipinski definition) is 5. The van der Waals surface area contributed by atoms with Gasteiger partial charge in [0.1, 0.15) is 12.4 Å². The highest BCUT2D eigenvalue weighted by atomic mass is 32.2. The van der Waals surface area contributed by atoms with Crippen molar-refractivity contribution in [3.63, 3.8) is 0 Å². The quantitative estimate of drug-likeness (QED) is 0.697. The zero-order chi connectivity index (χ0) is 20.9. The van der Waals surface area contributed by atoms with Crippen LogP contribution < -0.4 is 10.1 Å². The minimum atomic E-state index is -3.67. The van der Waals surface area contributed by atoms with E-state index < -0.39 is 10.0 Å². The maximum atomic E-state index is 12.9. The smallest absolute Gasteiger partial charge is 0.251 e. The molecular formula is C21H26N2O5S. The van der Waals surface area contributed by atoms with Gasteiger partial charge in [0.15, 0.2) is 0 Å². The van der Waals surface area contributed by atoms with Crippen molar-refractivity contribution in [3.05, 3.63) is 59.2 Å². The van der Waals surface area contributed by atoms with Crippen LogP contribution in [0.3, 0.4) is 0 Å². The van der Waals surface area contributed by atoms with E-state index in [2.05, 4.69) is 5.32 Å². The molecule has 1 saturated heterocycles. The largest absolute Gasteiger partial charge is 0.492 e. The molecule has 1 heterocycles. The van der Waals surface area contributed by atoms with Gasteiger partial charge in [0, 0.05) is 18.7 Å². The average molecular weight is 419 g/mol. The van der Waals surface area contributed by atoms with Crippen LogP contribution in [-0.4, -0.2) is 58.1 Å². The molecular weight excluding hydrogens is 392 g/mol. The molecule has 1 N–H and O–H groups in total. The number of carbonyl (C=O) groups is 1. The van der Waals surface area contributed by atoms with Gasteiger partial charge in [-0.05, 0) is 49.2 Å². The summed E-state index contributed by atoms with van der Waals surface area (Å²) in [4.78, 5) is 12.6. The van der Waals surface area contributed by atoms with Crippen LogP contribution in [0.15, 0.2) is 47.4 Å². The highest BCUT2D eigenvalue weighted by Crippen LogP contribution is 2.22. The Morgan fingerprint density at radius 2 is 1.90 bits per heavy atom. The Morgan fingerprint density at radius 3 is 2.62 bits per heavy atom. The van der Waals surface area contributed by atoms with Crippen LogP contribution in [-0.2, 0) is 14.8 Å². The van der Waals surface area contributed by atoms with Crippen molar-refractivity contribution in [2.45, 2.75) is 18.7 Å². The van der Waals surface area contributed by atoms with Crippen LogP contribution in [0.5, 0.6) is 5.75 Å². The maximum absolute atomic E-state index is 12.9. The summed E-state index contributed by atoms with van der Waals surface area (Å²) in [6.45, 7) is 5.72. The molecule has 0 bridgehead atoms. The number of nitrogens with one attached hydrogen (secondary N) is 1. The van der Waals surface area contributed by atoms with Crippen molar-refractivity contribution in [1.29, 1.82) is 0 Å². The molecule has 0 aliphatic carbocycles. The molecule has 0 spiro atoms. The van der Waals surface area contributed by atoms with Gasteiger partial charge in [0.05, 0.1) is 24.7 Å². The summed E-state index contributed by atoms with van der Waals surface area (Å²) in [6.07, 6.45) is 0. The van der Waals surface area contributed by atoms with Gasteiger partial charge in [-0.25, -0.2) is 8.42 Å². The van der Waals surface area contributed by atoms with Crippen LogP contribution in [0, 0.1) is 13.8 Å². The minimum absolute atomic E-state index is 0.156. The summed E-state index contributed by atoms with van der Waals surface area (Å²) in [6, 6.07) is 12.4. The molecule has 1 fully saturated rings. The molecule has 1 aliphatic heterocycles. The zero-order valence-electron chi connectivity index (χ0n) is 16.7. The lowest BCUT2D eigenvalue weighted by Crippen LogP contribution is -2.41. The molecule has 0 atom stereocenters. The van der Waals surface area contributed by atoms with E-state index >= 15 is 0 Å². The molecule has 29 heavy (non-hydrogen) atoms. The Morgan fingerprint density at radius 1 is 1.14 bits per heavy atom. The summed E-state index contributed by atoms with van der Waals surface area (Å²) in [7, 11) is -3.67. The van der Waals surface area contributed by atoms with Crippen LogP contribution in [0.2, 0.25) is 0 Å². The van der Waals surface area contributed by atoms with E-state index in [0.29, 0.717) is 50.6 Å². The van der Waals surface area contributed by atoms with Gasteiger partial charge < -0.3 is 14.8 Å². The van der Waals surface area contributed by atoms with Crippen molar-refractivity contribution in [3.8, 4) is 5.75 Å². The fourth-order valence-corrected chi connectivity index (χ4v) is 4.74. The number of benzene rings is 2. The number of amides is 1. The Balaban J connectivity index is 1.63. The summed E-state index contributed by atoms with van der Waals surface area (Å²) >= 11 is 0. The minimum Gasteiger partial charge on any atom is -0.492 e. The van der Waals surface area contributed by atoms with Crippen molar-refractivity contribution in [1.82, 2.24) is 9.62 Å². The van der Waals surface area contributed by atoms with E-state index in [4.69, 9.17) is 9.47 Å². The lowest BCUT2D eigenvalue weighted by molar-refractivity contribution is 0.0730. The summed E-state index contributed by atoms with van der Waals surface area (Å²) < 4.78 is 38.1. The molecule has 0 radical (unpaired) electrons. The van der Waals surface area contributed by atoms with Crippen LogP contribution >= 0.6 is 0 Å². The molecule has 2 aromatic carbocycles. The monoisotopic (exact) mass is 418 g/mol. The van der Waals surface area contributed by atoms with E-state index in [0.717, 1.165) is 11.3 Å². The molecule has 2 aromatic rings. The third-order valence-corrected chi connectivity index (χ3v) is 6.72. The van der Waals surface area contributed by atoms with E-state index in [1.165, 1.54) is 10.4 Å². The fourth-order valence-electron chi connectivity index (χ4n) is 3.09. The molecule has 0 unspecified atom stereocenters. The number of rotatable bonds is 7. The Kier molecular flexibility index (Phi) is 6.89. The molecule has 0 aromatic heterocycles. The molecule has 8 heteroatoms. The Hall–Kier alpha value is -2.42. The van der Waals surface area contributed by atoms with Crippen molar-refractivity contribution < 1.29 is 22.7 Å². The average Bonchev–Trinajstić information content (AvgIpc) is 2.72. The lowest BCUT2D eigenvalue weighted by atomic mass is 10.1. The number of morpholine rings is 1. The first-order valence-electron chi connectivity index (χ1n) is 9.54. The molecule has 156 valence electrons. The fraction of sp³-hybridized carbons (Fsp3) is 0.381. The SMILES string of the molecule is Cc1cccc(OCCNC(=O)c2ccc(C)c(S(=O)(=O)N3CCOCC3)c2)c1. The third-order valence-electron chi connectivity index (χ3n) is 4.68. The number of ether oxygens (including phenoxy) is 2. The second-order valence-electron chi connectivity index (χ2n) is 6.92. The van der Waals surface area contributed by atoms with Crippen LogP contribution in [0.25, 0.3) is 0 Å². The van der Waals surface area contributed by atoms with Gasteiger partial charge >= 0.3 is 0 Å². The standard InChI is InChI=1S/C21H26N2O5S/c1-16-4-3-5-19(14-16)28-11-8-22-21(24)18-7-6-17(2)20(15-18)29(25,26)23-9-12-27-13-10-23/h3-7,14-15H,8-13H2,1-2H3,(H,22,24). The summed E-state index contributed by atoms with van der Waals surface area (Å²) in [5, 5.41) is 2.77. The third kappa shape index (κ3) is 5.35. The normalized spacial score (nSPS) is 15.1. The van der Waals surface area contributed by atoms with Crippen molar-refractivity contribution in [2.75, 3.05) is 39.5 Å². The van der Waals surface area contributed by atoms with Crippen molar-refractivity contribution in [2.24, 2.45) is 0 Å². The van der Waals surface area contributed by atoms with E-state index in [-0.39, 0.29) is 10.8 Å². The first-order valence-corrected chi connectivity index (χ1v) is 11.0. The first kappa shape index (κ1) is 21.3. The summed E-state index contributed by atoms with van der Waals surface area (Å²) in [5.74, 6) is 0.407. The van der Waals surface area contributed by atoms with Gasteiger partial charge in [-0.2, -0.15) is 4.31 Å². The van der Waals surface area contributed by atoms with Crippen LogP contribution in [0.1, 0.15) is 21.5 Å². The number of carbonyl (C=O) groups excluding carboxylic acids is 1. The first-order chi connectivity index (χ1) is 13.9. The highest BCUT2D eigenvalue weighted by molar-refractivity contribution is 7.89. The van der Waals surface area contributed by atoms with E-state index in [1.807, 2.05) is 31.2 Å².